The third-order valence-electron chi connectivity index (χ3n) is 2.40. The number of H-pyrrole nitrogens is 1. The van der Waals surface area contributed by atoms with Crippen molar-refractivity contribution in [3.05, 3.63) is 54.0 Å². The summed E-state index contributed by atoms with van der Waals surface area (Å²) in [5, 5.41) is 3.12. The number of thiazole rings is 1. The predicted molar refractivity (Wildman–Crippen MR) is 67.3 cm³/mol. The number of aromatic nitrogens is 2. The van der Waals surface area contributed by atoms with Gasteiger partial charge in [-0.25, -0.2) is 4.98 Å². The highest BCUT2D eigenvalue weighted by molar-refractivity contribution is 7.13. The second kappa shape index (κ2) is 3.94. The molecule has 2 nitrogen and oxygen atoms in total. The van der Waals surface area contributed by atoms with E-state index in [1.165, 1.54) is 0 Å². The molecular weight excluding hydrogens is 216 g/mol. The molecule has 0 aliphatic heterocycles. The largest absolute Gasteiger partial charge is 0.359 e. The number of hydrogen-bond acceptors (Lipinski definition) is 2. The van der Waals surface area contributed by atoms with Crippen molar-refractivity contribution in [2.45, 2.75) is 0 Å². The zero-order valence-electron chi connectivity index (χ0n) is 8.55. The van der Waals surface area contributed by atoms with Gasteiger partial charge in [-0.3, -0.25) is 0 Å². The lowest BCUT2D eigenvalue weighted by molar-refractivity contribution is 1.34. The molecule has 0 radical (unpaired) electrons. The minimum atomic E-state index is 1.03. The van der Waals surface area contributed by atoms with Crippen LogP contribution in [0.5, 0.6) is 0 Å². The number of nitrogens with one attached hydrogen (secondary N) is 1. The summed E-state index contributed by atoms with van der Waals surface area (Å²) in [6.07, 6.45) is 1.92. The average Bonchev–Trinajstić information content (AvgIpc) is 3.01. The van der Waals surface area contributed by atoms with Gasteiger partial charge < -0.3 is 4.98 Å². The summed E-state index contributed by atoms with van der Waals surface area (Å²) in [7, 11) is 0. The summed E-state index contributed by atoms with van der Waals surface area (Å²) in [4.78, 5) is 7.78. The van der Waals surface area contributed by atoms with Crippen LogP contribution in [0.25, 0.3) is 22.0 Å². The molecule has 0 fully saturated rings. The van der Waals surface area contributed by atoms with E-state index in [0.29, 0.717) is 0 Å². The van der Waals surface area contributed by atoms with Gasteiger partial charge in [-0.05, 0) is 12.1 Å². The molecule has 0 aliphatic carbocycles. The van der Waals surface area contributed by atoms with Crippen LogP contribution < -0.4 is 0 Å². The number of benzene rings is 1. The van der Waals surface area contributed by atoms with Crippen molar-refractivity contribution in [3.8, 4) is 22.0 Å². The van der Waals surface area contributed by atoms with E-state index in [4.69, 9.17) is 0 Å². The molecule has 3 heteroatoms. The Hall–Kier alpha value is -1.87. The minimum absolute atomic E-state index is 1.03. The fourth-order valence-electron chi connectivity index (χ4n) is 1.60. The number of hydrogen-bond donors (Lipinski definition) is 1. The Morgan fingerprint density at radius 3 is 2.62 bits per heavy atom. The molecule has 78 valence electrons. The van der Waals surface area contributed by atoms with Crippen molar-refractivity contribution in [2.75, 3.05) is 0 Å². The van der Waals surface area contributed by atoms with Gasteiger partial charge in [0.1, 0.15) is 5.01 Å². The third-order valence-corrected chi connectivity index (χ3v) is 3.28. The van der Waals surface area contributed by atoms with Crippen molar-refractivity contribution >= 4 is 11.3 Å². The maximum atomic E-state index is 4.61. The van der Waals surface area contributed by atoms with Crippen LogP contribution in [0.15, 0.2) is 54.0 Å². The summed E-state index contributed by atoms with van der Waals surface area (Å²) in [6.45, 7) is 0. The van der Waals surface area contributed by atoms with Crippen LogP contribution in [0.3, 0.4) is 0 Å². The molecule has 2 aromatic heterocycles. The van der Waals surface area contributed by atoms with Gasteiger partial charge >= 0.3 is 0 Å². The molecule has 0 atom stereocenters. The SMILES string of the molecule is c1ccc(-c2csc(-c3ccc[nH]3)n2)cc1. The Morgan fingerprint density at radius 2 is 1.88 bits per heavy atom. The highest BCUT2D eigenvalue weighted by Gasteiger charge is 2.05. The summed E-state index contributed by atoms with van der Waals surface area (Å²) in [5.41, 5.74) is 3.28. The molecule has 1 N–H and O–H groups in total. The summed E-state index contributed by atoms with van der Waals surface area (Å²) >= 11 is 1.66. The molecule has 3 rings (SSSR count). The monoisotopic (exact) mass is 226 g/mol. The topological polar surface area (TPSA) is 28.7 Å². The first kappa shape index (κ1) is 9.36. The van der Waals surface area contributed by atoms with Crippen molar-refractivity contribution in [3.63, 3.8) is 0 Å². The molecule has 0 aliphatic rings. The van der Waals surface area contributed by atoms with Gasteiger partial charge in [-0.15, -0.1) is 11.3 Å². The Labute approximate surface area is 97.6 Å². The maximum Gasteiger partial charge on any atom is 0.140 e. The average molecular weight is 226 g/mol. The first-order chi connectivity index (χ1) is 7.93. The van der Waals surface area contributed by atoms with Crippen molar-refractivity contribution in [2.24, 2.45) is 0 Å². The molecule has 16 heavy (non-hydrogen) atoms. The molecule has 3 aromatic rings. The molecule has 0 saturated heterocycles. The van der Waals surface area contributed by atoms with E-state index in [1.54, 1.807) is 11.3 Å². The zero-order valence-corrected chi connectivity index (χ0v) is 9.37. The number of nitrogens with zero attached hydrogens (tertiary/aromatic N) is 1. The Morgan fingerprint density at radius 1 is 1.00 bits per heavy atom. The van der Waals surface area contributed by atoms with Gasteiger partial charge in [-0.1, -0.05) is 30.3 Å². The van der Waals surface area contributed by atoms with Crippen LogP contribution in [0.2, 0.25) is 0 Å². The van der Waals surface area contributed by atoms with E-state index < -0.39 is 0 Å². The zero-order chi connectivity index (χ0) is 10.8. The molecule has 2 heterocycles. The quantitative estimate of drug-likeness (QED) is 0.707. The van der Waals surface area contributed by atoms with E-state index in [1.807, 2.05) is 36.5 Å². The van der Waals surface area contributed by atoms with Crippen LogP contribution in [-0.4, -0.2) is 9.97 Å². The van der Waals surface area contributed by atoms with Crippen molar-refractivity contribution in [1.29, 1.82) is 0 Å². The van der Waals surface area contributed by atoms with Crippen molar-refractivity contribution in [1.82, 2.24) is 9.97 Å². The van der Waals surface area contributed by atoms with Crippen LogP contribution in [-0.2, 0) is 0 Å². The molecule has 0 spiro atoms. The van der Waals surface area contributed by atoms with E-state index in [0.717, 1.165) is 22.0 Å². The second-order valence-electron chi connectivity index (χ2n) is 3.49. The molecule has 0 saturated carbocycles. The Kier molecular flexibility index (Phi) is 2.31. The summed E-state index contributed by atoms with van der Waals surface area (Å²) in [5.74, 6) is 0. The van der Waals surface area contributed by atoms with E-state index in [-0.39, 0.29) is 0 Å². The lowest BCUT2D eigenvalue weighted by atomic mass is 10.2. The minimum Gasteiger partial charge on any atom is -0.359 e. The lowest BCUT2D eigenvalue weighted by Crippen LogP contribution is -1.78. The highest BCUT2D eigenvalue weighted by atomic mass is 32.1. The van der Waals surface area contributed by atoms with Crippen LogP contribution >= 0.6 is 11.3 Å². The fourth-order valence-corrected chi connectivity index (χ4v) is 2.42. The standard InChI is InChI=1S/C13H10N2S/c1-2-5-10(6-3-1)12-9-16-13(15-12)11-7-4-8-14-11/h1-9,14H. The Balaban J connectivity index is 2.00. The van der Waals surface area contributed by atoms with Gasteiger partial charge in [0.2, 0.25) is 0 Å². The highest BCUT2D eigenvalue weighted by Crippen LogP contribution is 2.27. The first-order valence-corrected chi connectivity index (χ1v) is 5.96. The molecule has 0 amide bonds. The van der Waals surface area contributed by atoms with Gasteiger partial charge in [0, 0.05) is 17.1 Å². The molecule has 0 bridgehead atoms. The molecule has 1 aromatic carbocycles. The molecular formula is C13H10N2S. The normalized spacial score (nSPS) is 10.5. The van der Waals surface area contributed by atoms with Crippen molar-refractivity contribution < 1.29 is 0 Å². The number of aromatic amines is 1. The van der Waals surface area contributed by atoms with Crippen LogP contribution in [0, 0.1) is 0 Å². The smallest absolute Gasteiger partial charge is 0.140 e. The second-order valence-corrected chi connectivity index (χ2v) is 4.35. The fraction of sp³-hybridized carbons (Fsp3) is 0. The van der Waals surface area contributed by atoms with E-state index >= 15 is 0 Å². The van der Waals surface area contributed by atoms with Crippen LogP contribution in [0.4, 0.5) is 0 Å². The van der Waals surface area contributed by atoms with Gasteiger partial charge in [-0.2, -0.15) is 0 Å². The first-order valence-electron chi connectivity index (χ1n) is 5.08. The maximum absolute atomic E-state index is 4.61. The van der Waals surface area contributed by atoms with Crippen LogP contribution in [0.1, 0.15) is 0 Å². The predicted octanol–water partition coefficient (Wildman–Crippen LogP) is 3.81. The van der Waals surface area contributed by atoms with Gasteiger partial charge in [0.15, 0.2) is 0 Å². The van der Waals surface area contributed by atoms with E-state index in [9.17, 15) is 0 Å². The van der Waals surface area contributed by atoms with Gasteiger partial charge in [0.05, 0.1) is 11.4 Å². The van der Waals surface area contributed by atoms with Gasteiger partial charge in [0.25, 0.3) is 0 Å². The molecule has 0 unspecified atom stereocenters. The summed E-state index contributed by atoms with van der Waals surface area (Å²) in [6, 6.07) is 14.3. The van der Waals surface area contributed by atoms with E-state index in [2.05, 4.69) is 27.5 Å². The Bertz CT molecular complexity index is 567. The lowest BCUT2D eigenvalue weighted by Gasteiger charge is -1.94. The third kappa shape index (κ3) is 1.66. The number of rotatable bonds is 2. The summed E-state index contributed by atoms with van der Waals surface area (Å²) < 4.78 is 0.